The Bertz CT molecular complexity index is 619. The lowest BCUT2D eigenvalue weighted by Crippen LogP contribution is -2.08. The molecule has 0 heterocycles. The Kier molecular flexibility index (Phi) is 5.42. The van der Waals surface area contributed by atoms with E-state index in [1.165, 1.54) is 13.2 Å². The fraction of sp³-hybridized carbons (Fsp3) is 0.250. The summed E-state index contributed by atoms with van der Waals surface area (Å²) < 4.78 is 24.5. The molecule has 0 aliphatic heterocycles. The zero-order chi connectivity index (χ0) is 15.2. The Morgan fingerprint density at radius 3 is 2.62 bits per heavy atom. The first-order chi connectivity index (χ1) is 10.1. The summed E-state index contributed by atoms with van der Waals surface area (Å²) in [4.78, 5) is 0. The summed E-state index contributed by atoms with van der Waals surface area (Å²) in [6.07, 6.45) is 0. The Balaban J connectivity index is 2.12. The summed E-state index contributed by atoms with van der Waals surface area (Å²) in [6.45, 7) is 0.773. The zero-order valence-electron chi connectivity index (χ0n) is 12.0. The van der Waals surface area contributed by atoms with E-state index >= 15 is 0 Å². The van der Waals surface area contributed by atoms with Crippen LogP contribution in [-0.4, -0.2) is 14.2 Å². The molecule has 0 spiro atoms. The van der Waals surface area contributed by atoms with E-state index in [2.05, 4.69) is 5.32 Å². The van der Waals surface area contributed by atoms with Gasteiger partial charge in [0.05, 0.1) is 7.11 Å². The Labute approximate surface area is 128 Å². The zero-order valence-corrected chi connectivity index (χ0v) is 12.7. The molecule has 2 aromatic carbocycles. The molecule has 112 valence electrons. The molecular formula is C16H17ClFNO2. The molecule has 2 rings (SSSR count). The number of hydrogen-bond donors (Lipinski definition) is 1. The van der Waals surface area contributed by atoms with Crippen LogP contribution in [0.3, 0.4) is 0 Å². The Hall–Kier alpha value is -1.78. The van der Waals surface area contributed by atoms with Gasteiger partial charge in [0.25, 0.3) is 0 Å². The molecular weight excluding hydrogens is 293 g/mol. The number of ether oxygens (including phenoxy) is 2. The van der Waals surface area contributed by atoms with E-state index in [0.29, 0.717) is 28.6 Å². The highest BCUT2D eigenvalue weighted by Crippen LogP contribution is 2.25. The third kappa shape index (κ3) is 4.09. The normalized spacial score (nSPS) is 10.5. The molecule has 0 bridgehead atoms. The van der Waals surface area contributed by atoms with Gasteiger partial charge in [0.2, 0.25) is 0 Å². The second kappa shape index (κ2) is 7.29. The smallest absolute Gasteiger partial charge is 0.133 e. The van der Waals surface area contributed by atoms with E-state index in [0.717, 1.165) is 5.56 Å². The minimum atomic E-state index is -0.349. The molecule has 0 amide bonds. The van der Waals surface area contributed by atoms with Gasteiger partial charge in [-0.25, -0.2) is 4.39 Å². The first-order valence-electron chi connectivity index (χ1n) is 6.52. The highest BCUT2D eigenvalue weighted by molar-refractivity contribution is 6.30. The molecule has 0 aliphatic rings. The average Bonchev–Trinajstić information content (AvgIpc) is 2.48. The van der Waals surface area contributed by atoms with Crippen LogP contribution >= 0.6 is 11.6 Å². The van der Waals surface area contributed by atoms with Gasteiger partial charge in [0.15, 0.2) is 0 Å². The second-order valence-electron chi connectivity index (χ2n) is 4.53. The Morgan fingerprint density at radius 1 is 1.14 bits per heavy atom. The van der Waals surface area contributed by atoms with Crippen LogP contribution in [0.25, 0.3) is 0 Å². The highest BCUT2D eigenvalue weighted by Gasteiger charge is 2.08. The van der Waals surface area contributed by atoms with Crippen molar-refractivity contribution in [3.8, 4) is 11.5 Å². The predicted molar refractivity (Wildman–Crippen MR) is 81.5 cm³/mol. The van der Waals surface area contributed by atoms with E-state index in [9.17, 15) is 4.39 Å². The third-order valence-electron chi connectivity index (χ3n) is 3.03. The maximum atomic E-state index is 13.9. The minimum Gasteiger partial charge on any atom is -0.497 e. The van der Waals surface area contributed by atoms with E-state index in [-0.39, 0.29) is 12.4 Å². The maximum absolute atomic E-state index is 13.9. The van der Waals surface area contributed by atoms with E-state index in [4.69, 9.17) is 21.1 Å². The summed E-state index contributed by atoms with van der Waals surface area (Å²) in [5.74, 6) is 0.820. The predicted octanol–water partition coefficient (Wildman–Crippen LogP) is 3.79. The lowest BCUT2D eigenvalue weighted by atomic mass is 10.2. The van der Waals surface area contributed by atoms with Gasteiger partial charge in [0, 0.05) is 28.8 Å². The molecule has 5 heteroatoms. The van der Waals surface area contributed by atoms with Crippen LogP contribution in [0.2, 0.25) is 5.02 Å². The number of rotatable bonds is 6. The van der Waals surface area contributed by atoms with E-state index in [1.807, 2.05) is 13.1 Å². The highest BCUT2D eigenvalue weighted by atomic mass is 35.5. The summed E-state index contributed by atoms with van der Waals surface area (Å²) in [5, 5.41) is 3.69. The van der Waals surface area contributed by atoms with Crippen molar-refractivity contribution in [3.63, 3.8) is 0 Å². The third-order valence-corrected chi connectivity index (χ3v) is 3.27. The van der Waals surface area contributed by atoms with Crippen molar-refractivity contribution < 1.29 is 13.9 Å². The van der Waals surface area contributed by atoms with Gasteiger partial charge in [0.1, 0.15) is 23.9 Å². The Morgan fingerprint density at radius 2 is 1.95 bits per heavy atom. The molecule has 1 N–H and O–H groups in total. The van der Waals surface area contributed by atoms with Crippen LogP contribution in [0.15, 0.2) is 36.4 Å². The topological polar surface area (TPSA) is 30.5 Å². The van der Waals surface area contributed by atoms with Crippen molar-refractivity contribution in [2.75, 3.05) is 14.2 Å². The molecule has 0 radical (unpaired) electrons. The fourth-order valence-electron chi connectivity index (χ4n) is 1.94. The van der Waals surface area contributed by atoms with Crippen molar-refractivity contribution >= 4 is 11.6 Å². The van der Waals surface area contributed by atoms with Crippen LogP contribution in [0.5, 0.6) is 11.5 Å². The van der Waals surface area contributed by atoms with Gasteiger partial charge >= 0.3 is 0 Å². The average molecular weight is 310 g/mol. The van der Waals surface area contributed by atoms with Gasteiger partial charge in [-0.1, -0.05) is 11.6 Å². The molecule has 0 unspecified atom stereocenters. The van der Waals surface area contributed by atoms with E-state index in [1.54, 1.807) is 24.3 Å². The number of hydrogen-bond acceptors (Lipinski definition) is 3. The second-order valence-corrected chi connectivity index (χ2v) is 4.96. The van der Waals surface area contributed by atoms with Crippen molar-refractivity contribution in [2.24, 2.45) is 0 Å². The van der Waals surface area contributed by atoms with Crippen LogP contribution in [0.1, 0.15) is 11.1 Å². The van der Waals surface area contributed by atoms with Crippen LogP contribution in [-0.2, 0) is 13.2 Å². The van der Waals surface area contributed by atoms with Crippen LogP contribution < -0.4 is 14.8 Å². The molecule has 0 aromatic heterocycles. The van der Waals surface area contributed by atoms with Gasteiger partial charge < -0.3 is 14.8 Å². The lowest BCUT2D eigenvalue weighted by molar-refractivity contribution is 0.295. The lowest BCUT2D eigenvalue weighted by Gasteiger charge is -2.12. The number of halogens is 2. The molecule has 0 saturated carbocycles. The standard InChI is InChI=1S/C16H17ClFNO2/c1-19-9-12-7-13(17)4-6-16(12)21-10-11-3-5-14(20-2)8-15(11)18/h3-8,19H,9-10H2,1-2H3. The number of methoxy groups -OCH3 is 1. The number of benzene rings is 2. The van der Waals surface area contributed by atoms with Gasteiger partial charge in [-0.3, -0.25) is 0 Å². The van der Waals surface area contributed by atoms with Gasteiger partial charge in [-0.2, -0.15) is 0 Å². The van der Waals surface area contributed by atoms with Gasteiger partial charge in [-0.05, 0) is 37.4 Å². The molecule has 2 aromatic rings. The first kappa shape index (κ1) is 15.6. The van der Waals surface area contributed by atoms with Crippen molar-refractivity contribution in [1.29, 1.82) is 0 Å². The van der Waals surface area contributed by atoms with Crippen LogP contribution in [0.4, 0.5) is 4.39 Å². The quantitative estimate of drug-likeness (QED) is 0.880. The summed E-state index contributed by atoms with van der Waals surface area (Å²) in [7, 11) is 3.34. The molecule has 21 heavy (non-hydrogen) atoms. The maximum Gasteiger partial charge on any atom is 0.133 e. The first-order valence-corrected chi connectivity index (χ1v) is 6.90. The summed E-state index contributed by atoms with van der Waals surface area (Å²) >= 11 is 5.97. The van der Waals surface area contributed by atoms with Crippen molar-refractivity contribution in [3.05, 3.63) is 58.4 Å². The monoisotopic (exact) mass is 309 g/mol. The summed E-state index contributed by atoms with van der Waals surface area (Å²) in [6, 6.07) is 10.1. The molecule has 0 fully saturated rings. The molecule has 0 saturated heterocycles. The fourth-order valence-corrected chi connectivity index (χ4v) is 2.14. The van der Waals surface area contributed by atoms with Gasteiger partial charge in [-0.15, -0.1) is 0 Å². The molecule has 0 aliphatic carbocycles. The largest absolute Gasteiger partial charge is 0.497 e. The SMILES string of the molecule is CNCc1cc(Cl)ccc1OCc1ccc(OC)cc1F. The summed E-state index contributed by atoms with van der Waals surface area (Å²) in [5.41, 5.74) is 1.40. The number of nitrogens with one attached hydrogen (secondary N) is 1. The molecule has 0 atom stereocenters. The minimum absolute atomic E-state index is 0.147. The van der Waals surface area contributed by atoms with Crippen LogP contribution in [0, 0.1) is 5.82 Å². The molecule has 3 nitrogen and oxygen atoms in total. The van der Waals surface area contributed by atoms with E-state index < -0.39 is 0 Å². The van der Waals surface area contributed by atoms with Crippen molar-refractivity contribution in [2.45, 2.75) is 13.2 Å². The van der Waals surface area contributed by atoms with Crippen molar-refractivity contribution in [1.82, 2.24) is 5.32 Å².